The summed E-state index contributed by atoms with van der Waals surface area (Å²) in [6, 6.07) is -1.88. The molecule has 2 aliphatic rings. The van der Waals surface area contributed by atoms with Gasteiger partial charge in [-0.25, -0.2) is 9.59 Å². The first-order valence-corrected chi connectivity index (χ1v) is 16.9. The maximum atomic E-state index is 13.7. The molecule has 0 aliphatic carbocycles. The Morgan fingerprint density at radius 3 is 2.17 bits per heavy atom. The van der Waals surface area contributed by atoms with E-state index in [0.29, 0.717) is 0 Å². The van der Waals surface area contributed by atoms with Crippen LogP contribution < -0.4 is 0 Å². The van der Waals surface area contributed by atoms with Crippen LogP contribution in [0, 0.1) is 11.8 Å². The number of esters is 1. The molecule has 1 unspecified atom stereocenters. The van der Waals surface area contributed by atoms with Gasteiger partial charge in [-0.1, -0.05) is 46.1 Å². The highest BCUT2D eigenvalue weighted by molar-refractivity contribution is 6.74. The summed E-state index contributed by atoms with van der Waals surface area (Å²) < 4.78 is 16.4. The number of amides is 4. The number of Topliss-reactive ketones (excluding diaryl/α,β-unsaturated/α-hetero) is 1. The molecular weight excluding hydrogens is 562 g/mol. The van der Waals surface area contributed by atoms with Crippen molar-refractivity contribution in [2.45, 2.75) is 76.9 Å². The zero-order valence-corrected chi connectivity index (χ0v) is 27.0. The van der Waals surface area contributed by atoms with Gasteiger partial charge in [0.1, 0.15) is 25.0 Å². The molecule has 2 heterocycles. The minimum Gasteiger partial charge on any atom is -0.454 e. The van der Waals surface area contributed by atoms with Crippen LogP contribution >= 0.6 is 0 Å². The molecule has 5 atom stereocenters. The molecule has 0 aromatic rings. The summed E-state index contributed by atoms with van der Waals surface area (Å²) >= 11 is 0. The van der Waals surface area contributed by atoms with Crippen molar-refractivity contribution in [3.8, 4) is 0 Å². The Morgan fingerprint density at radius 2 is 1.64 bits per heavy atom. The number of carbonyl (C=O) groups is 6. The molecule has 0 bridgehead atoms. The molecule has 234 valence electrons. The van der Waals surface area contributed by atoms with Gasteiger partial charge >= 0.3 is 18.0 Å². The number of hydrogen-bond acceptors (Lipinski definition) is 9. The van der Waals surface area contributed by atoms with Gasteiger partial charge in [-0.2, -0.15) is 0 Å². The van der Waals surface area contributed by atoms with Gasteiger partial charge in [-0.3, -0.25) is 29.0 Å². The van der Waals surface area contributed by atoms with Crippen molar-refractivity contribution in [2.75, 3.05) is 33.9 Å². The zero-order chi connectivity index (χ0) is 32.2. The van der Waals surface area contributed by atoms with Gasteiger partial charge in [-0.15, -0.1) is 0 Å². The first kappa shape index (κ1) is 34.9. The van der Waals surface area contributed by atoms with E-state index in [9.17, 15) is 28.8 Å². The van der Waals surface area contributed by atoms with Crippen molar-refractivity contribution in [1.29, 1.82) is 0 Å². The van der Waals surface area contributed by atoms with Gasteiger partial charge in [0, 0.05) is 33.0 Å². The van der Waals surface area contributed by atoms with Crippen LogP contribution in [0.15, 0.2) is 25.3 Å². The normalized spacial score (nSPS) is 23.0. The number of carbonyl (C=O) groups excluding carboxylic acids is 6. The van der Waals surface area contributed by atoms with Gasteiger partial charge in [0.15, 0.2) is 8.32 Å². The van der Waals surface area contributed by atoms with Gasteiger partial charge in [0.25, 0.3) is 0 Å². The lowest BCUT2D eigenvalue weighted by Crippen LogP contribution is -2.69. The number of likely N-dealkylation sites (tertiary alicyclic amines) is 2. The number of nitrogens with zero attached hydrogens (tertiary/aromatic N) is 3. The second kappa shape index (κ2) is 13.8. The highest BCUT2D eigenvalue weighted by Gasteiger charge is 2.57. The van der Waals surface area contributed by atoms with Crippen molar-refractivity contribution >= 4 is 43.9 Å². The van der Waals surface area contributed by atoms with Crippen LogP contribution in [0.25, 0.3) is 0 Å². The van der Waals surface area contributed by atoms with Crippen molar-refractivity contribution in [3.63, 3.8) is 0 Å². The molecule has 2 aliphatic heterocycles. The first-order chi connectivity index (χ1) is 19.4. The Balaban J connectivity index is 2.34. The SMILES string of the molecule is C=CCOC(=O)C(=O)N1C(=O)[C@H]([C@@H](C)O[Si](C)(C)C(C)(C)C)[C@H]1CC(=O)C1C[C@@H](C(=O)N(C)C)N(C(=O)OCC=C)C1. The molecule has 0 spiro atoms. The minimum atomic E-state index is -2.34. The summed E-state index contributed by atoms with van der Waals surface area (Å²) in [7, 11) is 0.757. The molecule has 2 rings (SSSR count). The average molecular weight is 608 g/mol. The van der Waals surface area contributed by atoms with E-state index in [2.05, 4.69) is 33.9 Å². The monoisotopic (exact) mass is 607 g/mol. The number of rotatable bonds is 11. The average Bonchev–Trinajstić information content (AvgIpc) is 3.34. The van der Waals surface area contributed by atoms with Crippen molar-refractivity contribution in [1.82, 2.24) is 14.7 Å². The van der Waals surface area contributed by atoms with Crippen LogP contribution in [-0.2, 0) is 37.9 Å². The molecule has 4 amide bonds. The predicted molar refractivity (Wildman–Crippen MR) is 156 cm³/mol. The Morgan fingerprint density at radius 1 is 1.07 bits per heavy atom. The summed E-state index contributed by atoms with van der Waals surface area (Å²) in [4.78, 5) is 81.2. The number of hydrogen-bond donors (Lipinski definition) is 0. The number of β-lactam (4-membered cyclic amide) rings is 1. The van der Waals surface area contributed by atoms with Gasteiger partial charge in [0.05, 0.1) is 18.1 Å². The van der Waals surface area contributed by atoms with Gasteiger partial charge < -0.3 is 18.8 Å². The van der Waals surface area contributed by atoms with Gasteiger partial charge in [-0.05, 0) is 31.5 Å². The second-order valence-electron chi connectivity index (χ2n) is 12.4. The van der Waals surface area contributed by atoms with Crippen LogP contribution in [0.3, 0.4) is 0 Å². The molecule has 0 radical (unpaired) electrons. The Labute approximate surface area is 249 Å². The van der Waals surface area contributed by atoms with E-state index in [0.717, 1.165) is 4.90 Å². The molecular formula is C29H45N3O9Si. The smallest absolute Gasteiger partial charge is 0.410 e. The number of ketones is 1. The number of likely N-dealkylation sites (N-methyl/N-ethyl adjacent to an activating group) is 1. The summed E-state index contributed by atoms with van der Waals surface area (Å²) in [5.74, 6) is -5.36. The quantitative estimate of drug-likeness (QED) is 0.114. The second-order valence-corrected chi connectivity index (χ2v) is 17.2. The first-order valence-electron chi connectivity index (χ1n) is 14.0. The van der Waals surface area contributed by atoms with E-state index >= 15 is 0 Å². The molecule has 42 heavy (non-hydrogen) atoms. The lowest BCUT2D eigenvalue weighted by Gasteiger charge is -2.49. The lowest BCUT2D eigenvalue weighted by atomic mass is 9.78. The fraction of sp³-hybridized carbons (Fsp3) is 0.655. The highest BCUT2D eigenvalue weighted by atomic mass is 28.4. The summed E-state index contributed by atoms with van der Waals surface area (Å²) in [6.07, 6.45) is 1.08. The van der Waals surface area contributed by atoms with Gasteiger partial charge in [0.2, 0.25) is 11.8 Å². The van der Waals surface area contributed by atoms with E-state index in [-0.39, 0.29) is 49.3 Å². The maximum Gasteiger partial charge on any atom is 0.410 e. The largest absolute Gasteiger partial charge is 0.454 e. The molecule has 0 aromatic heterocycles. The van der Waals surface area contributed by atoms with Crippen LogP contribution in [-0.4, -0.2) is 111 Å². The molecule has 0 N–H and O–H groups in total. The van der Waals surface area contributed by atoms with Crippen LogP contribution in [0.1, 0.15) is 40.5 Å². The summed E-state index contributed by atoms with van der Waals surface area (Å²) in [6.45, 7) is 18.6. The molecule has 13 heteroatoms. The predicted octanol–water partition coefficient (Wildman–Crippen LogP) is 2.54. The van der Waals surface area contributed by atoms with Crippen LogP contribution in [0.2, 0.25) is 18.1 Å². The van der Waals surface area contributed by atoms with E-state index in [1.807, 2.05) is 13.1 Å². The molecule has 0 aromatic carbocycles. The van der Waals surface area contributed by atoms with E-state index < -0.39 is 62.2 Å². The number of ether oxygens (including phenoxy) is 2. The molecule has 0 saturated carbocycles. The Bertz CT molecular complexity index is 1110. The third-order valence-electron chi connectivity index (χ3n) is 8.24. The highest BCUT2D eigenvalue weighted by Crippen LogP contribution is 2.41. The Hall–Kier alpha value is -3.32. The van der Waals surface area contributed by atoms with E-state index in [1.165, 1.54) is 22.0 Å². The van der Waals surface area contributed by atoms with Crippen molar-refractivity contribution < 1.29 is 42.7 Å². The van der Waals surface area contributed by atoms with Crippen molar-refractivity contribution in [3.05, 3.63) is 25.3 Å². The summed E-state index contributed by atoms with van der Waals surface area (Å²) in [5, 5.41) is -0.162. The van der Waals surface area contributed by atoms with E-state index in [4.69, 9.17) is 13.9 Å². The van der Waals surface area contributed by atoms with E-state index in [1.54, 1.807) is 21.0 Å². The third-order valence-corrected chi connectivity index (χ3v) is 12.8. The van der Waals surface area contributed by atoms with Crippen molar-refractivity contribution in [2.24, 2.45) is 11.8 Å². The maximum absolute atomic E-state index is 13.7. The third kappa shape index (κ3) is 7.54. The standard InChI is InChI=1S/C29H45N3O9Si/c1-11-13-39-27(37)26(36)32-20(23(25(32)35)18(3)41-42(9,10)29(4,5)6)16-22(33)19-15-21(24(34)30(7)8)31(17-19)28(38)40-14-12-2/h11-12,18-21,23H,1-2,13-17H2,3-10H3/t18-,19?,20-,21+,23-/m1/s1. The Kier molecular flexibility index (Phi) is 11.4. The lowest BCUT2D eigenvalue weighted by molar-refractivity contribution is -0.180. The molecule has 2 fully saturated rings. The molecule has 12 nitrogen and oxygen atoms in total. The number of imide groups is 1. The van der Waals surface area contributed by atoms with Crippen LogP contribution in [0.4, 0.5) is 4.79 Å². The zero-order valence-electron chi connectivity index (χ0n) is 26.0. The summed E-state index contributed by atoms with van der Waals surface area (Å²) in [5.41, 5.74) is 0. The fourth-order valence-corrected chi connectivity index (χ4v) is 6.38. The minimum absolute atomic E-state index is 0.0513. The molecule has 2 saturated heterocycles. The topological polar surface area (TPSA) is 140 Å². The fourth-order valence-electron chi connectivity index (χ4n) is 4.95. The van der Waals surface area contributed by atoms with Crippen LogP contribution in [0.5, 0.6) is 0 Å².